The van der Waals surface area contributed by atoms with Crippen molar-refractivity contribution in [2.45, 2.75) is 13.3 Å². The Bertz CT molecular complexity index is 532. The fraction of sp³-hybridized carbons (Fsp3) is 0.500. The van der Waals surface area contributed by atoms with Crippen LogP contribution >= 0.6 is 0 Å². The molecule has 0 saturated heterocycles. The first-order chi connectivity index (χ1) is 9.93. The summed E-state index contributed by atoms with van der Waals surface area (Å²) in [6.45, 7) is 3.53. The number of carbonyl (C=O) groups is 1. The lowest BCUT2D eigenvalue weighted by molar-refractivity contribution is -0.115. The van der Waals surface area contributed by atoms with E-state index < -0.39 is 10.0 Å². The van der Waals surface area contributed by atoms with Crippen LogP contribution in [-0.2, 0) is 14.8 Å². The molecule has 2 N–H and O–H groups in total. The average molecular weight is 313 g/mol. The van der Waals surface area contributed by atoms with Crippen molar-refractivity contribution in [1.29, 1.82) is 0 Å². The highest BCUT2D eigenvalue weighted by molar-refractivity contribution is 7.88. The van der Waals surface area contributed by atoms with Crippen LogP contribution in [0, 0.1) is 0 Å². The number of amides is 1. The minimum Gasteiger partial charge on any atom is -0.325 e. The van der Waals surface area contributed by atoms with E-state index in [2.05, 4.69) is 10.6 Å². The molecule has 0 spiro atoms. The van der Waals surface area contributed by atoms with Crippen LogP contribution in [0.15, 0.2) is 30.3 Å². The van der Waals surface area contributed by atoms with Crippen molar-refractivity contribution in [3.05, 3.63) is 30.3 Å². The highest BCUT2D eigenvalue weighted by Gasteiger charge is 2.13. The first-order valence-corrected chi connectivity index (χ1v) is 8.79. The summed E-state index contributed by atoms with van der Waals surface area (Å²) >= 11 is 0. The van der Waals surface area contributed by atoms with Gasteiger partial charge in [-0.3, -0.25) is 4.79 Å². The van der Waals surface area contributed by atoms with Gasteiger partial charge in [-0.25, -0.2) is 12.7 Å². The van der Waals surface area contributed by atoms with Gasteiger partial charge in [0.1, 0.15) is 0 Å². The number of carbonyl (C=O) groups excluding carboxylic acids is 1. The number of nitrogens with zero attached hydrogens (tertiary/aromatic N) is 1. The fourth-order valence-corrected chi connectivity index (χ4v) is 2.80. The van der Waals surface area contributed by atoms with Gasteiger partial charge in [0.05, 0.1) is 12.8 Å². The molecule has 0 saturated carbocycles. The minimum atomic E-state index is -3.13. The first-order valence-electron chi connectivity index (χ1n) is 6.94. The Hall–Kier alpha value is -1.44. The molecular weight excluding hydrogens is 290 g/mol. The van der Waals surface area contributed by atoms with Crippen molar-refractivity contribution in [2.24, 2.45) is 0 Å². The Morgan fingerprint density at radius 3 is 2.48 bits per heavy atom. The van der Waals surface area contributed by atoms with Crippen LogP contribution in [0.5, 0.6) is 0 Å². The molecule has 0 aliphatic heterocycles. The minimum absolute atomic E-state index is 0.114. The van der Waals surface area contributed by atoms with Gasteiger partial charge in [-0.1, -0.05) is 25.1 Å². The number of anilines is 1. The summed E-state index contributed by atoms with van der Waals surface area (Å²) in [5, 5.41) is 5.77. The molecule has 0 radical (unpaired) electrons. The van der Waals surface area contributed by atoms with Gasteiger partial charge in [-0.15, -0.1) is 0 Å². The second kappa shape index (κ2) is 8.76. The van der Waals surface area contributed by atoms with Crippen molar-refractivity contribution in [3.8, 4) is 0 Å². The number of para-hydroxylation sites is 1. The Balaban J connectivity index is 2.18. The van der Waals surface area contributed by atoms with Gasteiger partial charge in [0.25, 0.3) is 0 Å². The van der Waals surface area contributed by atoms with Crippen LogP contribution in [0.25, 0.3) is 0 Å². The van der Waals surface area contributed by atoms with Crippen molar-refractivity contribution in [1.82, 2.24) is 9.62 Å². The standard InChI is InChI=1S/C14H23N3O3S/c1-3-17(21(2,19)20)11-7-10-15-12-14(18)16-13-8-5-4-6-9-13/h4-6,8-9,15H,3,7,10-12H2,1-2H3,(H,16,18). The zero-order chi connectivity index (χ0) is 15.7. The van der Waals surface area contributed by atoms with Gasteiger partial charge < -0.3 is 10.6 Å². The van der Waals surface area contributed by atoms with Crippen LogP contribution in [-0.4, -0.2) is 51.1 Å². The molecule has 6 nitrogen and oxygen atoms in total. The van der Waals surface area contributed by atoms with E-state index in [-0.39, 0.29) is 12.5 Å². The highest BCUT2D eigenvalue weighted by atomic mass is 32.2. The van der Waals surface area contributed by atoms with Crippen molar-refractivity contribution in [3.63, 3.8) is 0 Å². The van der Waals surface area contributed by atoms with Gasteiger partial charge in [0.15, 0.2) is 0 Å². The second-order valence-electron chi connectivity index (χ2n) is 4.70. The molecule has 1 aromatic carbocycles. The summed E-state index contributed by atoms with van der Waals surface area (Å²) in [7, 11) is -3.13. The topological polar surface area (TPSA) is 78.5 Å². The molecule has 0 bridgehead atoms. The molecule has 118 valence electrons. The number of benzene rings is 1. The molecule has 21 heavy (non-hydrogen) atoms. The lowest BCUT2D eigenvalue weighted by Crippen LogP contribution is -2.34. The summed E-state index contributed by atoms with van der Waals surface area (Å²) < 4.78 is 24.2. The van der Waals surface area contributed by atoms with E-state index in [4.69, 9.17) is 0 Å². The number of hydrogen-bond donors (Lipinski definition) is 2. The van der Waals surface area contributed by atoms with E-state index >= 15 is 0 Å². The van der Waals surface area contributed by atoms with E-state index in [1.165, 1.54) is 10.6 Å². The number of rotatable bonds is 9. The molecule has 1 rings (SSSR count). The summed E-state index contributed by atoms with van der Waals surface area (Å²) in [6, 6.07) is 9.24. The number of nitrogens with one attached hydrogen (secondary N) is 2. The van der Waals surface area contributed by atoms with E-state index in [1.807, 2.05) is 37.3 Å². The first kappa shape index (κ1) is 17.6. The lowest BCUT2D eigenvalue weighted by atomic mass is 10.3. The molecule has 0 aliphatic carbocycles. The number of sulfonamides is 1. The van der Waals surface area contributed by atoms with Gasteiger partial charge in [-0.05, 0) is 25.1 Å². The van der Waals surface area contributed by atoms with Crippen LogP contribution in [0.1, 0.15) is 13.3 Å². The van der Waals surface area contributed by atoms with Crippen molar-refractivity contribution in [2.75, 3.05) is 37.8 Å². The van der Waals surface area contributed by atoms with Crippen LogP contribution in [0.3, 0.4) is 0 Å². The zero-order valence-corrected chi connectivity index (χ0v) is 13.3. The molecular formula is C14H23N3O3S. The van der Waals surface area contributed by atoms with E-state index in [0.29, 0.717) is 26.1 Å². The third kappa shape index (κ3) is 7.22. The Labute approximate surface area is 126 Å². The molecule has 1 amide bonds. The Kier molecular flexibility index (Phi) is 7.35. The summed E-state index contributed by atoms with van der Waals surface area (Å²) in [4.78, 5) is 11.6. The fourth-order valence-electron chi connectivity index (χ4n) is 1.87. The summed E-state index contributed by atoms with van der Waals surface area (Å²) in [5.41, 5.74) is 0.763. The molecule has 0 unspecified atom stereocenters. The predicted molar refractivity (Wildman–Crippen MR) is 84.6 cm³/mol. The van der Waals surface area contributed by atoms with E-state index in [1.54, 1.807) is 0 Å². The van der Waals surface area contributed by atoms with Gasteiger partial charge in [-0.2, -0.15) is 0 Å². The number of hydrogen-bond acceptors (Lipinski definition) is 4. The third-order valence-corrected chi connectivity index (χ3v) is 4.30. The van der Waals surface area contributed by atoms with Crippen LogP contribution in [0.2, 0.25) is 0 Å². The lowest BCUT2D eigenvalue weighted by Gasteiger charge is -2.17. The van der Waals surface area contributed by atoms with Crippen LogP contribution < -0.4 is 10.6 Å². The zero-order valence-electron chi connectivity index (χ0n) is 12.5. The summed E-state index contributed by atoms with van der Waals surface area (Å²) in [6.07, 6.45) is 1.87. The van der Waals surface area contributed by atoms with Gasteiger partial charge >= 0.3 is 0 Å². The van der Waals surface area contributed by atoms with Gasteiger partial charge in [0.2, 0.25) is 15.9 Å². The van der Waals surface area contributed by atoms with Gasteiger partial charge in [0, 0.05) is 18.8 Å². The summed E-state index contributed by atoms with van der Waals surface area (Å²) in [5.74, 6) is -0.114. The Morgan fingerprint density at radius 2 is 1.90 bits per heavy atom. The molecule has 0 atom stereocenters. The Morgan fingerprint density at radius 1 is 1.24 bits per heavy atom. The molecule has 7 heteroatoms. The second-order valence-corrected chi connectivity index (χ2v) is 6.68. The maximum atomic E-state index is 11.6. The molecule has 0 heterocycles. The molecule has 0 fully saturated rings. The largest absolute Gasteiger partial charge is 0.325 e. The van der Waals surface area contributed by atoms with Crippen molar-refractivity contribution >= 4 is 21.6 Å². The maximum Gasteiger partial charge on any atom is 0.238 e. The maximum absolute atomic E-state index is 11.6. The molecule has 1 aromatic rings. The average Bonchev–Trinajstić information content (AvgIpc) is 2.42. The quantitative estimate of drug-likeness (QED) is 0.664. The van der Waals surface area contributed by atoms with E-state index in [9.17, 15) is 13.2 Å². The van der Waals surface area contributed by atoms with Crippen molar-refractivity contribution < 1.29 is 13.2 Å². The van der Waals surface area contributed by atoms with Crippen LogP contribution in [0.4, 0.5) is 5.69 Å². The molecule has 0 aliphatic rings. The highest BCUT2D eigenvalue weighted by Crippen LogP contribution is 2.04. The third-order valence-electron chi connectivity index (χ3n) is 2.93. The SMILES string of the molecule is CCN(CCCNCC(=O)Nc1ccccc1)S(C)(=O)=O. The predicted octanol–water partition coefficient (Wildman–Crippen LogP) is 0.886. The normalized spacial score (nSPS) is 11.6. The molecule has 0 aromatic heterocycles. The monoisotopic (exact) mass is 313 g/mol. The smallest absolute Gasteiger partial charge is 0.238 e. The van der Waals surface area contributed by atoms with E-state index in [0.717, 1.165) is 5.69 Å².